The molecule has 2 aromatic carbocycles. The van der Waals surface area contributed by atoms with Crippen molar-refractivity contribution in [1.82, 2.24) is 15.2 Å². The number of hydrogen-bond acceptors (Lipinski definition) is 4. The van der Waals surface area contributed by atoms with Crippen molar-refractivity contribution in [2.75, 3.05) is 11.9 Å². The van der Waals surface area contributed by atoms with Crippen LogP contribution in [0.4, 0.5) is 10.3 Å². The van der Waals surface area contributed by atoms with Crippen molar-refractivity contribution in [2.24, 2.45) is 0 Å². The molecule has 2 N–H and O–H groups in total. The van der Waals surface area contributed by atoms with Gasteiger partial charge in [-0.25, -0.2) is 4.39 Å². The topological polar surface area (TPSA) is 79.9 Å². The van der Waals surface area contributed by atoms with Crippen molar-refractivity contribution in [3.05, 3.63) is 59.4 Å². The molecule has 0 fully saturated rings. The lowest BCUT2D eigenvalue weighted by atomic mass is 10.1. The Balaban J connectivity index is 1.58. The number of nitrogens with one attached hydrogen (secondary N) is 2. The predicted octanol–water partition coefficient (Wildman–Crippen LogP) is 3.25. The van der Waals surface area contributed by atoms with Gasteiger partial charge in [0.2, 0.25) is 5.95 Å². The highest BCUT2D eigenvalue weighted by molar-refractivity contribution is 5.90. The first-order chi connectivity index (χ1) is 12.0. The monoisotopic (exact) mass is 340 g/mol. The van der Waals surface area contributed by atoms with E-state index in [9.17, 15) is 9.18 Å². The van der Waals surface area contributed by atoms with E-state index < -0.39 is 0 Å². The Kier molecular flexibility index (Phi) is 4.74. The summed E-state index contributed by atoms with van der Waals surface area (Å²) in [4.78, 5) is 16.1. The van der Waals surface area contributed by atoms with Crippen LogP contribution < -0.4 is 10.1 Å². The number of halogens is 1. The fourth-order valence-electron chi connectivity index (χ4n) is 2.17. The zero-order chi connectivity index (χ0) is 17.8. The first kappa shape index (κ1) is 16.6. The molecule has 1 aromatic heterocycles. The van der Waals surface area contributed by atoms with Crippen molar-refractivity contribution < 1.29 is 13.9 Å². The fourth-order valence-corrected chi connectivity index (χ4v) is 2.17. The maximum atomic E-state index is 12.9. The molecule has 0 unspecified atom stereocenters. The van der Waals surface area contributed by atoms with E-state index in [0.29, 0.717) is 17.1 Å². The molecule has 0 bridgehead atoms. The molecule has 128 valence electrons. The number of carbonyl (C=O) groups is 1. The number of rotatable bonds is 5. The molecule has 0 saturated carbocycles. The smallest absolute Gasteiger partial charge is 0.264 e. The lowest BCUT2D eigenvalue weighted by molar-refractivity contribution is -0.118. The summed E-state index contributed by atoms with van der Waals surface area (Å²) in [6.07, 6.45) is 0. The van der Waals surface area contributed by atoms with Crippen LogP contribution in [0, 0.1) is 19.7 Å². The zero-order valence-electron chi connectivity index (χ0n) is 13.8. The number of benzene rings is 2. The number of nitrogens with zero attached hydrogens (tertiary/aromatic N) is 2. The fraction of sp³-hybridized carbons (Fsp3) is 0.167. The van der Waals surface area contributed by atoms with E-state index in [4.69, 9.17) is 4.74 Å². The number of aryl methyl sites for hydroxylation is 2. The lowest BCUT2D eigenvalue weighted by Crippen LogP contribution is -2.20. The van der Waals surface area contributed by atoms with Crippen molar-refractivity contribution in [3.63, 3.8) is 0 Å². The molecule has 1 heterocycles. The Morgan fingerprint density at radius 2 is 1.92 bits per heavy atom. The van der Waals surface area contributed by atoms with E-state index in [0.717, 1.165) is 11.1 Å². The molecule has 7 heteroatoms. The number of H-pyrrole nitrogens is 1. The van der Waals surface area contributed by atoms with Crippen LogP contribution in [0.5, 0.6) is 5.75 Å². The Morgan fingerprint density at radius 1 is 1.16 bits per heavy atom. The predicted molar refractivity (Wildman–Crippen MR) is 91.8 cm³/mol. The molecule has 0 aliphatic carbocycles. The number of aromatic nitrogens is 3. The number of amides is 1. The van der Waals surface area contributed by atoms with Crippen LogP contribution in [0.25, 0.3) is 11.4 Å². The summed E-state index contributed by atoms with van der Waals surface area (Å²) in [5.41, 5.74) is 2.92. The molecule has 25 heavy (non-hydrogen) atoms. The van der Waals surface area contributed by atoms with E-state index in [1.54, 1.807) is 12.1 Å². The Morgan fingerprint density at radius 3 is 2.64 bits per heavy atom. The van der Waals surface area contributed by atoms with E-state index in [2.05, 4.69) is 20.5 Å². The van der Waals surface area contributed by atoms with Gasteiger partial charge in [0.25, 0.3) is 5.91 Å². The van der Waals surface area contributed by atoms with E-state index in [-0.39, 0.29) is 24.3 Å². The Labute approximate surface area is 144 Å². The van der Waals surface area contributed by atoms with Gasteiger partial charge in [-0.3, -0.25) is 15.2 Å². The molecule has 6 nitrogen and oxygen atoms in total. The van der Waals surface area contributed by atoms with Crippen LogP contribution in [-0.2, 0) is 4.79 Å². The molecule has 3 aromatic rings. The largest absolute Gasteiger partial charge is 0.484 e. The van der Waals surface area contributed by atoms with Gasteiger partial charge in [-0.2, -0.15) is 4.98 Å². The van der Waals surface area contributed by atoms with Gasteiger partial charge in [0.05, 0.1) is 0 Å². The first-order valence-electron chi connectivity index (χ1n) is 7.69. The quantitative estimate of drug-likeness (QED) is 0.747. The highest BCUT2D eigenvalue weighted by atomic mass is 19.1. The second kappa shape index (κ2) is 7.12. The minimum Gasteiger partial charge on any atom is -0.484 e. The third-order valence-electron chi connectivity index (χ3n) is 3.70. The van der Waals surface area contributed by atoms with Gasteiger partial charge in [0, 0.05) is 5.56 Å². The number of ether oxygens (including phenoxy) is 1. The third-order valence-corrected chi connectivity index (χ3v) is 3.70. The molecule has 0 radical (unpaired) electrons. The molecule has 0 aliphatic rings. The summed E-state index contributed by atoms with van der Waals surface area (Å²) in [6.45, 7) is 3.84. The summed E-state index contributed by atoms with van der Waals surface area (Å²) in [5, 5.41) is 9.16. The average molecular weight is 340 g/mol. The SMILES string of the molecule is Cc1ccc(OCC(=O)Nc2n[nH]c(-c3ccc(F)cc3)n2)cc1C. The van der Waals surface area contributed by atoms with Crippen LogP contribution in [-0.4, -0.2) is 27.7 Å². The highest BCUT2D eigenvalue weighted by Crippen LogP contribution is 2.17. The molecule has 0 aliphatic heterocycles. The summed E-state index contributed by atoms with van der Waals surface area (Å²) in [5.74, 6) is 0.488. The van der Waals surface area contributed by atoms with Crippen molar-refractivity contribution in [2.45, 2.75) is 13.8 Å². The van der Waals surface area contributed by atoms with Gasteiger partial charge in [-0.05, 0) is 61.4 Å². The van der Waals surface area contributed by atoms with Crippen LogP contribution in [0.15, 0.2) is 42.5 Å². The van der Waals surface area contributed by atoms with E-state index in [1.165, 1.54) is 12.1 Å². The first-order valence-corrected chi connectivity index (χ1v) is 7.69. The second-order valence-corrected chi connectivity index (χ2v) is 5.60. The molecule has 1 amide bonds. The average Bonchev–Trinajstić information content (AvgIpc) is 3.05. The number of hydrogen-bond donors (Lipinski definition) is 2. The molecular weight excluding hydrogens is 323 g/mol. The third kappa shape index (κ3) is 4.20. The van der Waals surface area contributed by atoms with Crippen molar-refractivity contribution in [3.8, 4) is 17.1 Å². The summed E-state index contributed by atoms with van der Waals surface area (Å²) >= 11 is 0. The molecule has 3 rings (SSSR count). The minimum absolute atomic E-state index is 0.132. The maximum Gasteiger partial charge on any atom is 0.264 e. The van der Waals surface area contributed by atoms with Crippen LogP contribution in [0.3, 0.4) is 0 Å². The number of anilines is 1. The standard InChI is InChI=1S/C18H17FN4O2/c1-11-3-8-15(9-12(11)2)25-10-16(24)20-18-21-17(22-23-18)13-4-6-14(19)7-5-13/h3-9H,10H2,1-2H3,(H2,20,21,22,23,24). The summed E-state index contributed by atoms with van der Waals surface area (Å²) in [6, 6.07) is 11.4. The molecular formula is C18H17FN4O2. The second-order valence-electron chi connectivity index (χ2n) is 5.60. The van der Waals surface area contributed by atoms with Gasteiger partial charge in [0.15, 0.2) is 12.4 Å². The number of aromatic amines is 1. The molecule has 0 saturated heterocycles. The number of carbonyl (C=O) groups excluding carboxylic acids is 1. The van der Waals surface area contributed by atoms with Gasteiger partial charge in [-0.1, -0.05) is 6.07 Å². The zero-order valence-corrected chi connectivity index (χ0v) is 13.8. The van der Waals surface area contributed by atoms with E-state index >= 15 is 0 Å². The van der Waals surface area contributed by atoms with Gasteiger partial charge in [0.1, 0.15) is 11.6 Å². The van der Waals surface area contributed by atoms with Gasteiger partial charge < -0.3 is 4.74 Å². The highest BCUT2D eigenvalue weighted by Gasteiger charge is 2.10. The molecule has 0 atom stereocenters. The van der Waals surface area contributed by atoms with Crippen molar-refractivity contribution in [1.29, 1.82) is 0 Å². The normalized spacial score (nSPS) is 10.5. The van der Waals surface area contributed by atoms with Crippen LogP contribution in [0.2, 0.25) is 0 Å². The van der Waals surface area contributed by atoms with Crippen LogP contribution in [0.1, 0.15) is 11.1 Å². The van der Waals surface area contributed by atoms with Crippen LogP contribution >= 0.6 is 0 Å². The minimum atomic E-state index is -0.372. The van der Waals surface area contributed by atoms with Crippen molar-refractivity contribution >= 4 is 11.9 Å². The maximum absolute atomic E-state index is 12.9. The van der Waals surface area contributed by atoms with E-state index in [1.807, 2.05) is 32.0 Å². The Hall–Kier alpha value is -3.22. The lowest BCUT2D eigenvalue weighted by Gasteiger charge is -2.07. The molecule has 0 spiro atoms. The van der Waals surface area contributed by atoms with Gasteiger partial charge >= 0.3 is 0 Å². The Bertz CT molecular complexity index is 890. The summed E-state index contributed by atoms with van der Waals surface area (Å²) in [7, 11) is 0. The van der Waals surface area contributed by atoms with Gasteiger partial charge in [-0.15, -0.1) is 5.10 Å². The summed E-state index contributed by atoms with van der Waals surface area (Å²) < 4.78 is 18.4.